The first-order valence-electron chi connectivity index (χ1n) is 4.75. The summed E-state index contributed by atoms with van der Waals surface area (Å²) < 4.78 is 0. The fourth-order valence-corrected chi connectivity index (χ4v) is 1.15. The Morgan fingerprint density at radius 1 is 1.53 bits per heavy atom. The van der Waals surface area contributed by atoms with Gasteiger partial charge in [-0.1, -0.05) is 18.7 Å². The Morgan fingerprint density at radius 2 is 2.33 bits per heavy atom. The van der Waals surface area contributed by atoms with Gasteiger partial charge in [0.05, 0.1) is 0 Å². The number of hydrogen-bond donors (Lipinski definition) is 0. The molecule has 15 heavy (non-hydrogen) atoms. The minimum atomic E-state index is 0.841. The van der Waals surface area contributed by atoms with Gasteiger partial charge in [-0.2, -0.15) is 0 Å². The highest BCUT2D eigenvalue weighted by molar-refractivity contribution is 5.71. The predicted octanol–water partition coefficient (Wildman–Crippen LogP) is 2.64. The average molecular weight is 201 g/mol. The molecule has 0 unspecified atom stereocenters. The molecule has 0 atom stereocenters. The van der Waals surface area contributed by atoms with Crippen molar-refractivity contribution in [1.82, 2.24) is 4.98 Å². The van der Waals surface area contributed by atoms with Crippen LogP contribution in [0.5, 0.6) is 0 Å². The molecule has 0 fully saturated rings. The predicted molar refractivity (Wildman–Crippen MR) is 65.1 cm³/mol. The summed E-state index contributed by atoms with van der Waals surface area (Å²) in [5.41, 5.74) is 0. The van der Waals surface area contributed by atoms with Crippen molar-refractivity contribution in [3.05, 3.63) is 48.9 Å². The van der Waals surface area contributed by atoms with Crippen molar-refractivity contribution in [2.75, 3.05) is 11.9 Å². The Balaban J connectivity index is 2.88. The first-order chi connectivity index (χ1) is 7.29. The number of aliphatic imine (C=N–C) groups is 1. The van der Waals surface area contributed by atoms with Crippen LogP contribution in [0.2, 0.25) is 0 Å². The summed E-state index contributed by atoms with van der Waals surface area (Å²) in [4.78, 5) is 10.4. The number of nitrogens with zero attached hydrogens (tertiary/aromatic N) is 3. The average Bonchev–Trinajstić information content (AvgIpc) is 2.31. The van der Waals surface area contributed by atoms with E-state index in [0.717, 1.165) is 11.6 Å². The summed E-state index contributed by atoms with van der Waals surface area (Å²) >= 11 is 0. The van der Waals surface area contributed by atoms with E-state index >= 15 is 0 Å². The second-order valence-electron chi connectivity index (χ2n) is 2.91. The molecule has 1 heterocycles. The molecule has 0 N–H and O–H groups in total. The van der Waals surface area contributed by atoms with Crippen LogP contribution in [0.15, 0.2) is 53.9 Å². The summed E-state index contributed by atoms with van der Waals surface area (Å²) in [6.45, 7) is 5.53. The van der Waals surface area contributed by atoms with Crippen LogP contribution < -0.4 is 4.90 Å². The highest BCUT2D eigenvalue weighted by Gasteiger charge is 2.04. The van der Waals surface area contributed by atoms with E-state index in [1.807, 2.05) is 43.1 Å². The van der Waals surface area contributed by atoms with E-state index in [2.05, 4.69) is 16.6 Å². The van der Waals surface area contributed by atoms with Crippen molar-refractivity contribution in [2.45, 2.75) is 6.92 Å². The Bertz CT molecular complexity index is 366. The zero-order valence-corrected chi connectivity index (χ0v) is 9.09. The minimum Gasteiger partial charge on any atom is -0.314 e. The maximum atomic E-state index is 4.24. The molecule has 0 bridgehead atoms. The van der Waals surface area contributed by atoms with Crippen LogP contribution in [-0.2, 0) is 0 Å². The standard InChI is InChI=1S/C12H15N3/c1-4-9-13-11(5-2)15(3)12-8-6-7-10-14-12/h4-10H,1H2,2-3H3/b11-5+,13-9-. The minimum absolute atomic E-state index is 0.841. The van der Waals surface area contributed by atoms with E-state index in [4.69, 9.17) is 0 Å². The van der Waals surface area contributed by atoms with Gasteiger partial charge in [-0.15, -0.1) is 0 Å². The summed E-state index contributed by atoms with van der Waals surface area (Å²) in [6, 6.07) is 5.77. The second-order valence-corrected chi connectivity index (χ2v) is 2.91. The quantitative estimate of drug-likeness (QED) is 0.700. The number of rotatable bonds is 4. The molecule has 0 spiro atoms. The number of hydrogen-bond acceptors (Lipinski definition) is 3. The van der Waals surface area contributed by atoms with Gasteiger partial charge < -0.3 is 4.90 Å². The molecule has 0 amide bonds. The van der Waals surface area contributed by atoms with E-state index in [9.17, 15) is 0 Å². The maximum Gasteiger partial charge on any atom is 0.133 e. The third-order valence-corrected chi connectivity index (χ3v) is 1.91. The van der Waals surface area contributed by atoms with Crippen LogP contribution >= 0.6 is 0 Å². The third-order valence-electron chi connectivity index (χ3n) is 1.91. The molecule has 3 nitrogen and oxygen atoms in total. The summed E-state index contributed by atoms with van der Waals surface area (Å²) in [7, 11) is 1.93. The molecule has 0 saturated heterocycles. The molecule has 1 aromatic heterocycles. The number of aromatic nitrogens is 1. The first-order valence-corrected chi connectivity index (χ1v) is 4.75. The van der Waals surface area contributed by atoms with Crippen molar-refractivity contribution >= 4 is 12.0 Å². The van der Waals surface area contributed by atoms with E-state index in [-0.39, 0.29) is 0 Å². The van der Waals surface area contributed by atoms with E-state index < -0.39 is 0 Å². The maximum absolute atomic E-state index is 4.24. The highest BCUT2D eigenvalue weighted by Crippen LogP contribution is 2.13. The topological polar surface area (TPSA) is 28.5 Å². The number of anilines is 1. The van der Waals surface area contributed by atoms with Crippen molar-refractivity contribution in [2.24, 2.45) is 4.99 Å². The largest absolute Gasteiger partial charge is 0.314 e. The summed E-state index contributed by atoms with van der Waals surface area (Å²) in [5.74, 6) is 1.71. The smallest absolute Gasteiger partial charge is 0.133 e. The van der Waals surface area contributed by atoms with Gasteiger partial charge in [0.15, 0.2) is 0 Å². The normalized spacial score (nSPS) is 11.7. The van der Waals surface area contributed by atoms with E-state index in [0.29, 0.717) is 0 Å². The van der Waals surface area contributed by atoms with Crippen molar-refractivity contribution in [1.29, 1.82) is 0 Å². The second kappa shape index (κ2) is 5.75. The fraction of sp³-hybridized carbons (Fsp3) is 0.167. The fourth-order valence-electron chi connectivity index (χ4n) is 1.15. The zero-order valence-electron chi connectivity index (χ0n) is 9.09. The molecule has 1 rings (SSSR count). The van der Waals surface area contributed by atoms with Gasteiger partial charge in [-0.05, 0) is 25.1 Å². The molecular formula is C12H15N3. The monoisotopic (exact) mass is 201 g/mol. The van der Waals surface area contributed by atoms with Gasteiger partial charge in [0, 0.05) is 19.5 Å². The van der Waals surface area contributed by atoms with Gasteiger partial charge in [0.25, 0.3) is 0 Å². The van der Waals surface area contributed by atoms with Crippen LogP contribution in [0.1, 0.15) is 6.92 Å². The SMILES string of the molecule is C=C/C=N\C(=C/C)N(C)c1ccccn1. The van der Waals surface area contributed by atoms with Gasteiger partial charge in [0.2, 0.25) is 0 Å². The Labute approximate surface area is 90.5 Å². The molecule has 0 aromatic carbocycles. The van der Waals surface area contributed by atoms with Crippen molar-refractivity contribution in [3.63, 3.8) is 0 Å². The lowest BCUT2D eigenvalue weighted by atomic mass is 10.4. The Hall–Kier alpha value is -1.90. The molecule has 0 aliphatic heterocycles. The Morgan fingerprint density at radius 3 is 2.87 bits per heavy atom. The van der Waals surface area contributed by atoms with E-state index in [1.165, 1.54) is 0 Å². The van der Waals surface area contributed by atoms with Crippen LogP contribution in [-0.4, -0.2) is 18.2 Å². The van der Waals surface area contributed by atoms with Crippen LogP contribution in [0.4, 0.5) is 5.82 Å². The van der Waals surface area contributed by atoms with Crippen LogP contribution in [0.25, 0.3) is 0 Å². The lowest BCUT2D eigenvalue weighted by Gasteiger charge is -2.17. The van der Waals surface area contributed by atoms with Gasteiger partial charge in [0.1, 0.15) is 11.6 Å². The lowest BCUT2D eigenvalue weighted by molar-refractivity contribution is 1.02. The van der Waals surface area contributed by atoms with Gasteiger partial charge in [-0.25, -0.2) is 9.98 Å². The number of allylic oxidation sites excluding steroid dienone is 2. The molecule has 78 valence electrons. The molecule has 0 aliphatic rings. The Kier molecular flexibility index (Phi) is 4.29. The van der Waals surface area contributed by atoms with Crippen molar-refractivity contribution in [3.8, 4) is 0 Å². The summed E-state index contributed by atoms with van der Waals surface area (Å²) in [6.07, 6.45) is 7.00. The van der Waals surface area contributed by atoms with Gasteiger partial charge in [-0.3, -0.25) is 0 Å². The molecule has 0 saturated carbocycles. The molecule has 3 heteroatoms. The first kappa shape index (κ1) is 11.2. The van der Waals surface area contributed by atoms with Crippen LogP contribution in [0, 0.1) is 0 Å². The van der Waals surface area contributed by atoms with Crippen molar-refractivity contribution < 1.29 is 0 Å². The third kappa shape index (κ3) is 3.06. The zero-order chi connectivity index (χ0) is 11.1. The van der Waals surface area contributed by atoms with E-state index in [1.54, 1.807) is 18.5 Å². The number of pyridine rings is 1. The molecule has 0 radical (unpaired) electrons. The lowest BCUT2D eigenvalue weighted by Crippen LogP contribution is -2.16. The van der Waals surface area contributed by atoms with Gasteiger partial charge >= 0.3 is 0 Å². The molecule has 1 aromatic rings. The summed E-state index contributed by atoms with van der Waals surface area (Å²) in [5, 5.41) is 0. The highest BCUT2D eigenvalue weighted by atomic mass is 15.2. The molecular weight excluding hydrogens is 186 g/mol. The van der Waals surface area contributed by atoms with Crippen LogP contribution in [0.3, 0.4) is 0 Å². The molecule has 0 aliphatic carbocycles.